The van der Waals surface area contributed by atoms with Gasteiger partial charge >= 0.3 is 29.8 Å². The molecule has 0 rings (SSSR count). The quantitative estimate of drug-likeness (QED) is 0.314. The van der Waals surface area contributed by atoms with Crippen LogP contribution < -0.4 is 0 Å². The predicted molar refractivity (Wildman–Crippen MR) is 80.9 cm³/mol. The highest BCUT2D eigenvalue weighted by Crippen LogP contribution is 2.27. The van der Waals surface area contributed by atoms with Gasteiger partial charge in [0.05, 0.1) is 23.7 Å². The van der Waals surface area contributed by atoms with Crippen molar-refractivity contribution in [2.24, 2.45) is 23.7 Å². The van der Waals surface area contributed by atoms with E-state index in [2.05, 4.69) is 0 Å². The Morgan fingerprint density at radius 3 is 1.40 bits per heavy atom. The Bertz CT molecular complexity index is 526. The van der Waals surface area contributed by atoms with Crippen LogP contribution in [0.3, 0.4) is 0 Å². The van der Waals surface area contributed by atoms with Gasteiger partial charge < -0.3 is 25.5 Å². The van der Waals surface area contributed by atoms with Gasteiger partial charge in [0.2, 0.25) is 0 Å². The van der Waals surface area contributed by atoms with Crippen LogP contribution in [0.25, 0.3) is 0 Å². The Balaban J connectivity index is 5.13. The lowest BCUT2D eigenvalue weighted by atomic mass is 9.82. The summed E-state index contributed by atoms with van der Waals surface area (Å²) < 4.78 is 0. The third-order valence-electron chi connectivity index (χ3n) is 3.95. The highest BCUT2D eigenvalue weighted by atomic mass is 16.4. The lowest BCUT2D eigenvalue weighted by molar-refractivity contribution is -0.148. The van der Waals surface area contributed by atoms with E-state index in [1.165, 1.54) is 6.92 Å². The summed E-state index contributed by atoms with van der Waals surface area (Å²) in [6, 6.07) is 0. The molecule has 0 saturated heterocycles. The number of carboxylic acid groups (broad SMARTS) is 5. The smallest absolute Gasteiger partial charge is 0.306 e. The highest BCUT2D eigenvalue weighted by molar-refractivity contribution is 5.77. The molecule has 0 saturated carbocycles. The average molecular weight is 362 g/mol. The summed E-state index contributed by atoms with van der Waals surface area (Å²) in [5.74, 6) is -11.4. The maximum Gasteiger partial charge on any atom is 0.306 e. The number of rotatable bonds is 13. The predicted octanol–water partition coefficient (Wildman–Crippen LogP) is 0.845. The van der Waals surface area contributed by atoms with Gasteiger partial charge in [-0.3, -0.25) is 24.0 Å². The molecule has 25 heavy (non-hydrogen) atoms. The maximum atomic E-state index is 11.4. The molecule has 4 unspecified atom stereocenters. The lowest BCUT2D eigenvalue weighted by Crippen LogP contribution is -2.29. The largest absolute Gasteiger partial charge is 0.481 e. The molecule has 0 aliphatic heterocycles. The normalized spacial score (nSPS) is 15.6. The molecule has 0 aliphatic rings. The average Bonchev–Trinajstić information content (AvgIpc) is 2.47. The van der Waals surface area contributed by atoms with Gasteiger partial charge in [0.15, 0.2) is 0 Å². The Hall–Kier alpha value is -2.65. The van der Waals surface area contributed by atoms with E-state index in [4.69, 9.17) is 15.3 Å². The third kappa shape index (κ3) is 8.68. The van der Waals surface area contributed by atoms with Crippen molar-refractivity contribution in [2.45, 2.75) is 39.0 Å². The Morgan fingerprint density at radius 1 is 0.640 bits per heavy atom. The molecule has 10 nitrogen and oxygen atoms in total. The molecule has 4 atom stereocenters. The van der Waals surface area contributed by atoms with Gasteiger partial charge in [0.1, 0.15) is 0 Å². The Labute approximate surface area is 143 Å². The zero-order valence-corrected chi connectivity index (χ0v) is 13.6. The molecule has 0 aromatic carbocycles. The van der Waals surface area contributed by atoms with E-state index in [1.807, 2.05) is 0 Å². The van der Waals surface area contributed by atoms with Gasteiger partial charge in [0.25, 0.3) is 0 Å². The molecule has 0 spiro atoms. The van der Waals surface area contributed by atoms with Crippen molar-refractivity contribution in [3.8, 4) is 0 Å². The summed E-state index contributed by atoms with van der Waals surface area (Å²) in [5.41, 5.74) is 0. The fourth-order valence-electron chi connectivity index (χ4n) is 2.45. The van der Waals surface area contributed by atoms with Crippen molar-refractivity contribution >= 4 is 29.8 Å². The third-order valence-corrected chi connectivity index (χ3v) is 3.95. The van der Waals surface area contributed by atoms with E-state index < -0.39 is 72.8 Å². The molecular formula is C15H22O10. The van der Waals surface area contributed by atoms with Crippen LogP contribution in [0.4, 0.5) is 0 Å². The standard InChI is InChI=1S/C15H22O10/c1-7(12(18)19)4-9(14(22)23)6-10(15(24)25)5-8(13(20)21)2-3-11(16)17/h7-10H,2-6H2,1H3,(H,16,17)(H,18,19)(H,20,21)(H,22,23)(H,24,25). The lowest BCUT2D eigenvalue weighted by Gasteiger charge is -2.21. The first-order chi connectivity index (χ1) is 11.5. The molecule has 0 fully saturated rings. The van der Waals surface area contributed by atoms with E-state index >= 15 is 0 Å². The second-order valence-electron chi connectivity index (χ2n) is 5.98. The maximum absolute atomic E-state index is 11.4. The molecule has 0 aliphatic carbocycles. The van der Waals surface area contributed by atoms with Crippen LogP contribution in [0, 0.1) is 23.7 Å². The molecule has 0 radical (unpaired) electrons. The number of aliphatic carboxylic acids is 5. The molecule has 142 valence electrons. The molecular weight excluding hydrogens is 340 g/mol. The van der Waals surface area contributed by atoms with Crippen molar-refractivity contribution in [2.75, 3.05) is 0 Å². The van der Waals surface area contributed by atoms with E-state index in [1.54, 1.807) is 0 Å². The van der Waals surface area contributed by atoms with Gasteiger partial charge in [0, 0.05) is 6.42 Å². The summed E-state index contributed by atoms with van der Waals surface area (Å²) in [5, 5.41) is 45.0. The van der Waals surface area contributed by atoms with Crippen LogP contribution in [0.5, 0.6) is 0 Å². The molecule has 0 bridgehead atoms. The van der Waals surface area contributed by atoms with E-state index in [0.29, 0.717) is 0 Å². The van der Waals surface area contributed by atoms with E-state index in [-0.39, 0.29) is 12.8 Å². The van der Waals surface area contributed by atoms with E-state index in [0.717, 1.165) is 0 Å². The first-order valence-corrected chi connectivity index (χ1v) is 7.58. The number of carboxylic acids is 5. The zero-order valence-electron chi connectivity index (χ0n) is 13.6. The fourth-order valence-corrected chi connectivity index (χ4v) is 2.45. The molecule has 0 heterocycles. The fraction of sp³-hybridized carbons (Fsp3) is 0.667. The van der Waals surface area contributed by atoms with Crippen LogP contribution in [0.15, 0.2) is 0 Å². The van der Waals surface area contributed by atoms with Crippen LogP contribution in [0.1, 0.15) is 39.0 Å². The van der Waals surface area contributed by atoms with Gasteiger partial charge in [-0.05, 0) is 25.7 Å². The van der Waals surface area contributed by atoms with Gasteiger partial charge in [-0.2, -0.15) is 0 Å². The van der Waals surface area contributed by atoms with Gasteiger partial charge in [-0.15, -0.1) is 0 Å². The SMILES string of the molecule is CC(CC(CC(CC(CCC(=O)O)C(=O)O)C(=O)O)C(=O)O)C(=O)O. The zero-order chi connectivity index (χ0) is 19.7. The summed E-state index contributed by atoms with van der Waals surface area (Å²) in [6.45, 7) is 1.29. The minimum atomic E-state index is -1.41. The monoisotopic (exact) mass is 362 g/mol. The van der Waals surface area contributed by atoms with E-state index in [9.17, 15) is 34.2 Å². The van der Waals surface area contributed by atoms with Gasteiger partial charge in [-0.25, -0.2) is 0 Å². The van der Waals surface area contributed by atoms with Crippen molar-refractivity contribution in [1.29, 1.82) is 0 Å². The number of carbonyl (C=O) groups is 5. The highest BCUT2D eigenvalue weighted by Gasteiger charge is 2.33. The summed E-state index contributed by atoms with van der Waals surface area (Å²) in [6.07, 6.45) is -1.89. The van der Waals surface area contributed by atoms with Crippen LogP contribution >= 0.6 is 0 Å². The molecule has 0 amide bonds. The van der Waals surface area contributed by atoms with Gasteiger partial charge in [-0.1, -0.05) is 6.92 Å². The van der Waals surface area contributed by atoms with Crippen LogP contribution in [-0.2, 0) is 24.0 Å². The topological polar surface area (TPSA) is 186 Å². The minimum absolute atomic E-state index is 0.280. The number of hydrogen-bond acceptors (Lipinski definition) is 5. The second kappa shape index (κ2) is 10.3. The van der Waals surface area contributed by atoms with Crippen molar-refractivity contribution in [3.05, 3.63) is 0 Å². The molecule has 0 aromatic heterocycles. The molecule has 10 heteroatoms. The minimum Gasteiger partial charge on any atom is -0.481 e. The molecule has 5 N–H and O–H groups in total. The van der Waals surface area contributed by atoms with Crippen molar-refractivity contribution in [1.82, 2.24) is 0 Å². The Kier molecular flexibility index (Phi) is 9.18. The number of hydrogen-bond donors (Lipinski definition) is 5. The summed E-state index contributed by atoms with van der Waals surface area (Å²) in [7, 11) is 0. The second-order valence-corrected chi connectivity index (χ2v) is 5.98. The first kappa shape index (κ1) is 22.4. The van der Waals surface area contributed by atoms with Crippen LogP contribution in [-0.4, -0.2) is 55.4 Å². The van der Waals surface area contributed by atoms with Crippen molar-refractivity contribution < 1.29 is 49.5 Å². The van der Waals surface area contributed by atoms with Crippen LogP contribution in [0.2, 0.25) is 0 Å². The van der Waals surface area contributed by atoms with Crippen molar-refractivity contribution in [3.63, 3.8) is 0 Å². The molecule has 0 aromatic rings. The first-order valence-electron chi connectivity index (χ1n) is 7.58. The summed E-state index contributed by atoms with van der Waals surface area (Å²) >= 11 is 0. The Morgan fingerprint density at radius 2 is 1.04 bits per heavy atom. The summed E-state index contributed by atoms with van der Waals surface area (Å²) in [4.78, 5) is 55.2.